The summed E-state index contributed by atoms with van der Waals surface area (Å²) in [6, 6.07) is 26.9. The third kappa shape index (κ3) is 3.75. The van der Waals surface area contributed by atoms with E-state index in [2.05, 4.69) is 4.90 Å². The zero-order valence-electron chi connectivity index (χ0n) is 15.9. The number of esters is 1. The van der Waals surface area contributed by atoms with Gasteiger partial charge < -0.3 is 14.1 Å². The van der Waals surface area contributed by atoms with Gasteiger partial charge >= 0.3 is 11.6 Å². The SMILES string of the molecule is CCOC(=O)c1cc2ccc(N(c3ccccc3)c3ccccc3)cc2oc1=O. The van der Waals surface area contributed by atoms with Gasteiger partial charge in [-0.1, -0.05) is 36.4 Å². The second-order valence-electron chi connectivity index (χ2n) is 6.40. The second-order valence-corrected chi connectivity index (χ2v) is 6.40. The number of carbonyl (C=O) groups excluding carboxylic acids is 1. The molecule has 144 valence electrons. The molecule has 0 amide bonds. The van der Waals surface area contributed by atoms with Gasteiger partial charge in [0.2, 0.25) is 0 Å². The Morgan fingerprint density at radius 2 is 1.48 bits per heavy atom. The topological polar surface area (TPSA) is 59.8 Å². The van der Waals surface area contributed by atoms with Gasteiger partial charge in [-0.15, -0.1) is 0 Å². The van der Waals surface area contributed by atoms with Crippen molar-refractivity contribution in [2.75, 3.05) is 11.5 Å². The number of hydrogen-bond acceptors (Lipinski definition) is 5. The highest BCUT2D eigenvalue weighted by Crippen LogP contribution is 2.35. The summed E-state index contributed by atoms with van der Waals surface area (Å²) in [5.41, 5.74) is 2.38. The largest absolute Gasteiger partial charge is 0.462 e. The van der Waals surface area contributed by atoms with Crippen LogP contribution in [0.15, 0.2) is 94.1 Å². The lowest BCUT2D eigenvalue weighted by molar-refractivity contribution is 0.0522. The number of ether oxygens (including phenoxy) is 1. The van der Waals surface area contributed by atoms with Crippen LogP contribution in [-0.4, -0.2) is 12.6 Å². The molecule has 0 aliphatic carbocycles. The summed E-state index contributed by atoms with van der Waals surface area (Å²) >= 11 is 0. The molecular formula is C24H19NO4. The molecule has 4 aromatic rings. The number of para-hydroxylation sites is 2. The summed E-state index contributed by atoms with van der Waals surface area (Å²) in [7, 11) is 0. The molecule has 0 saturated carbocycles. The van der Waals surface area contributed by atoms with Crippen molar-refractivity contribution in [3.8, 4) is 0 Å². The van der Waals surface area contributed by atoms with Gasteiger partial charge in [-0.3, -0.25) is 0 Å². The average molecular weight is 385 g/mol. The van der Waals surface area contributed by atoms with Crippen LogP contribution in [0, 0.1) is 0 Å². The van der Waals surface area contributed by atoms with E-state index in [-0.39, 0.29) is 12.2 Å². The Morgan fingerprint density at radius 1 is 0.862 bits per heavy atom. The number of carbonyl (C=O) groups is 1. The van der Waals surface area contributed by atoms with Crippen molar-refractivity contribution in [3.05, 3.63) is 101 Å². The molecule has 3 aromatic carbocycles. The molecule has 0 radical (unpaired) electrons. The number of hydrogen-bond donors (Lipinski definition) is 0. The van der Waals surface area contributed by atoms with E-state index in [4.69, 9.17) is 9.15 Å². The lowest BCUT2D eigenvalue weighted by Crippen LogP contribution is -2.16. The van der Waals surface area contributed by atoms with E-state index in [1.165, 1.54) is 6.07 Å². The quantitative estimate of drug-likeness (QED) is 0.338. The smallest absolute Gasteiger partial charge is 0.351 e. The lowest BCUT2D eigenvalue weighted by Gasteiger charge is -2.25. The molecule has 0 fully saturated rings. The predicted molar refractivity (Wildman–Crippen MR) is 113 cm³/mol. The Bertz CT molecular complexity index is 1160. The molecule has 0 unspecified atom stereocenters. The third-order valence-corrected chi connectivity index (χ3v) is 4.50. The van der Waals surface area contributed by atoms with Crippen LogP contribution < -0.4 is 10.5 Å². The highest BCUT2D eigenvalue weighted by Gasteiger charge is 2.17. The van der Waals surface area contributed by atoms with Gasteiger partial charge in [0.25, 0.3) is 0 Å². The van der Waals surface area contributed by atoms with E-state index < -0.39 is 11.6 Å². The first-order chi connectivity index (χ1) is 14.2. The molecule has 5 heteroatoms. The van der Waals surface area contributed by atoms with Crippen molar-refractivity contribution in [1.29, 1.82) is 0 Å². The minimum absolute atomic E-state index is 0.102. The zero-order chi connectivity index (χ0) is 20.2. The maximum atomic E-state index is 12.3. The molecule has 4 rings (SSSR count). The molecule has 0 bridgehead atoms. The van der Waals surface area contributed by atoms with Crippen LogP contribution in [-0.2, 0) is 4.74 Å². The summed E-state index contributed by atoms with van der Waals surface area (Å²) in [6.45, 7) is 1.88. The molecule has 0 atom stereocenters. The Morgan fingerprint density at radius 3 is 2.07 bits per heavy atom. The highest BCUT2D eigenvalue weighted by molar-refractivity contribution is 5.94. The maximum absolute atomic E-state index is 12.3. The number of anilines is 3. The van der Waals surface area contributed by atoms with E-state index in [9.17, 15) is 9.59 Å². The van der Waals surface area contributed by atoms with Gasteiger partial charge in [-0.2, -0.15) is 0 Å². The molecule has 0 aliphatic heterocycles. The Labute approximate surface area is 167 Å². The van der Waals surface area contributed by atoms with E-state index in [1.807, 2.05) is 72.8 Å². The van der Waals surface area contributed by atoms with Crippen molar-refractivity contribution < 1.29 is 13.9 Å². The van der Waals surface area contributed by atoms with Crippen molar-refractivity contribution in [1.82, 2.24) is 0 Å². The molecule has 0 N–H and O–H groups in total. The Hall–Kier alpha value is -3.86. The summed E-state index contributed by atoms with van der Waals surface area (Å²) in [5, 5.41) is 0.650. The van der Waals surface area contributed by atoms with Crippen LogP contribution in [0.3, 0.4) is 0 Å². The molecule has 0 spiro atoms. The first kappa shape index (κ1) is 18.5. The van der Waals surface area contributed by atoms with Gasteiger partial charge in [0, 0.05) is 28.5 Å². The van der Waals surface area contributed by atoms with Gasteiger partial charge in [0.15, 0.2) is 0 Å². The van der Waals surface area contributed by atoms with E-state index in [1.54, 1.807) is 13.0 Å². The zero-order valence-corrected chi connectivity index (χ0v) is 15.9. The average Bonchev–Trinajstić information content (AvgIpc) is 2.75. The van der Waals surface area contributed by atoms with Crippen molar-refractivity contribution >= 4 is 34.0 Å². The van der Waals surface area contributed by atoms with Gasteiger partial charge in [-0.25, -0.2) is 9.59 Å². The normalized spacial score (nSPS) is 10.7. The monoisotopic (exact) mass is 385 g/mol. The molecule has 1 heterocycles. The van der Waals surface area contributed by atoms with Crippen molar-refractivity contribution in [2.45, 2.75) is 6.92 Å². The summed E-state index contributed by atoms with van der Waals surface area (Å²) < 4.78 is 10.4. The summed E-state index contributed by atoms with van der Waals surface area (Å²) in [6.07, 6.45) is 0. The van der Waals surface area contributed by atoms with Crippen molar-refractivity contribution in [3.63, 3.8) is 0 Å². The molecule has 0 saturated heterocycles. The van der Waals surface area contributed by atoms with Crippen LogP contribution in [0.4, 0.5) is 17.1 Å². The molecule has 5 nitrogen and oxygen atoms in total. The Balaban J connectivity index is 1.84. The second kappa shape index (κ2) is 8.02. The van der Waals surface area contributed by atoms with Crippen molar-refractivity contribution in [2.24, 2.45) is 0 Å². The summed E-state index contributed by atoms with van der Waals surface area (Å²) in [4.78, 5) is 26.3. The minimum Gasteiger partial charge on any atom is -0.462 e. The maximum Gasteiger partial charge on any atom is 0.351 e. The standard InChI is InChI=1S/C24H19NO4/c1-2-28-23(26)21-15-17-13-14-20(16-22(17)29-24(21)27)25(18-9-5-3-6-10-18)19-11-7-4-8-12-19/h3-16H,2H2,1H3. The number of benzene rings is 3. The van der Waals surface area contributed by atoms with E-state index in [0.29, 0.717) is 11.0 Å². The number of fused-ring (bicyclic) bond motifs is 1. The fourth-order valence-corrected chi connectivity index (χ4v) is 3.19. The van der Waals surface area contributed by atoms with Crippen LogP contribution in [0.2, 0.25) is 0 Å². The third-order valence-electron chi connectivity index (χ3n) is 4.50. The number of nitrogens with zero attached hydrogens (tertiary/aromatic N) is 1. The highest BCUT2D eigenvalue weighted by atomic mass is 16.5. The van der Waals surface area contributed by atoms with Gasteiger partial charge in [0.05, 0.1) is 6.61 Å². The fourth-order valence-electron chi connectivity index (χ4n) is 3.19. The Kier molecular flexibility index (Phi) is 5.12. The predicted octanol–water partition coefficient (Wildman–Crippen LogP) is 5.44. The molecule has 29 heavy (non-hydrogen) atoms. The van der Waals surface area contributed by atoms with Crippen LogP contribution >= 0.6 is 0 Å². The van der Waals surface area contributed by atoms with Crippen LogP contribution in [0.25, 0.3) is 11.0 Å². The molecule has 1 aromatic heterocycles. The summed E-state index contributed by atoms with van der Waals surface area (Å²) in [5.74, 6) is -0.678. The van der Waals surface area contributed by atoms with Crippen LogP contribution in [0.5, 0.6) is 0 Å². The lowest BCUT2D eigenvalue weighted by atomic mass is 10.1. The fraction of sp³-hybridized carbons (Fsp3) is 0.0833. The first-order valence-corrected chi connectivity index (χ1v) is 9.32. The first-order valence-electron chi connectivity index (χ1n) is 9.32. The number of rotatable bonds is 5. The van der Waals surface area contributed by atoms with Gasteiger partial charge in [0.1, 0.15) is 11.1 Å². The molecule has 0 aliphatic rings. The van der Waals surface area contributed by atoms with E-state index in [0.717, 1.165) is 17.1 Å². The van der Waals surface area contributed by atoms with Crippen LogP contribution in [0.1, 0.15) is 17.3 Å². The molecular weight excluding hydrogens is 366 g/mol. The van der Waals surface area contributed by atoms with Gasteiger partial charge in [-0.05, 0) is 49.4 Å². The van der Waals surface area contributed by atoms with E-state index >= 15 is 0 Å². The minimum atomic E-state index is -0.709.